The molecule has 0 aliphatic heterocycles. The van der Waals surface area contributed by atoms with Crippen molar-refractivity contribution in [2.24, 2.45) is 0 Å². The van der Waals surface area contributed by atoms with E-state index in [-0.39, 0.29) is 22.5 Å². The Morgan fingerprint density at radius 2 is 1.65 bits per heavy atom. The third-order valence-electron chi connectivity index (χ3n) is 4.72. The Kier molecular flexibility index (Phi) is 5.89. The molecular weight excluding hydrogens is 433 g/mol. The van der Waals surface area contributed by atoms with Crippen molar-refractivity contribution in [3.63, 3.8) is 0 Å². The fraction of sp³-hybridized carbons (Fsp3) is 0.0417. The number of anilines is 1. The number of amides is 1. The number of carbonyl (C=O) groups excluding carboxylic acids is 1. The number of rotatable bonds is 4. The summed E-state index contributed by atoms with van der Waals surface area (Å²) in [6.45, 7) is 1.63. The van der Waals surface area contributed by atoms with Crippen LogP contribution in [0.25, 0.3) is 16.8 Å². The van der Waals surface area contributed by atoms with Crippen LogP contribution in [0.5, 0.6) is 0 Å². The summed E-state index contributed by atoms with van der Waals surface area (Å²) in [5.41, 5.74) is 1.88. The van der Waals surface area contributed by atoms with Crippen LogP contribution in [0.4, 0.5) is 5.82 Å². The van der Waals surface area contributed by atoms with Crippen molar-refractivity contribution in [3.05, 3.63) is 110 Å². The lowest BCUT2D eigenvalue weighted by atomic mass is 10.0. The average Bonchev–Trinajstić information content (AvgIpc) is 2.77. The Morgan fingerprint density at radius 1 is 0.935 bits per heavy atom. The van der Waals surface area contributed by atoms with Crippen LogP contribution in [0.1, 0.15) is 16.1 Å². The normalized spacial score (nSPS) is 10.7. The van der Waals surface area contributed by atoms with Gasteiger partial charge in [-0.15, -0.1) is 0 Å². The summed E-state index contributed by atoms with van der Waals surface area (Å²) in [7, 11) is 0. The molecule has 1 heterocycles. The summed E-state index contributed by atoms with van der Waals surface area (Å²) in [4.78, 5) is 26.2. The van der Waals surface area contributed by atoms with E-state index in [9.17, 15) is 9.59 Å². The van der Waals surface area contributed by atoms with Crippen LogP contribution in [0, 0.1) is 6.92 Å². The molecule has 1 amide bonds. The van der Waals surface area contributed by atoms with Gasteiger partial charge in [0, 0.05) is 5.02 Å². The summed E-state index contributed by atoms with van der Waals surface area (Å²) in [5, 5.41) is 8.10. The monoisotopic (exact) mass is 449 g/mol. The molecule has 0 saturated carbocycles. The van der Waals surface area contributed by atoms with Crippen LogP contribution >= 0.6 is 23.2 Å². The number of benzene rings is 3. The zero-order chi connectivity index (χ0) is 22.0. The molecule has 0 spiro atoms. The molecule has 31 heavy (non-hydrogen) atoms. The second-order valence-corrected chi connectivity index (χ2v) is 7.67. The highest BCUT2D eigenvalue weighted by atomic mass is 35.5. The summed E-state index contributed by atoms with van der Waals surface area (Å²) in [6.07, 6.45) is 0. The van der Waals surface area contributed by atoms with Gasteiger partial charge in [0.15, 0.2) is 0 Å². The van der Waals surface area contributed by atoms with E-state index in [4.69, 9.17) is 23.2 Å². The SMILES string of the molecule is Cc1nn(-c2cccc(Cl)c2)c(NC(=O)c2ccccc2Cl)c(-c2ccccc2)c1=O. The van der Waals surface area contributed by atoms with Crippen LogP contribution in [0.3, 0.4) is 0 Å². The van der Waals surface area contributed by atoms with E-state index >= 15 is 0 Å². The third-order valence-corrected chi connectivity index (χ3v) is 5.28. The lowest BCUT2D eigenvalue weighted by Crippen LogP contribution is -2.25. The number of hydrogen-bond donors (Lipinski definition) is 1. The minimum absolute atomic E-state index is 0.231. The molecule has 0 atom stereocenters. The van der Waals surface area contributed by atoms with Crippen molar-refractivity contribution < 1.29 is 4.79 Å². The number of carbonyl (C=O) groups is 1. The van der Waals surface area contributed by atoms with Gasteiger partial charge in [0.1, 0.15) is 11.5 Å². The number of aryl methyl sites for hydroxylation is 1. The molecule has 0 aliphatic carbocycles. The Labute approximate surface area is 188 Å². The lowest BCUT2D eigenvalue weighted by Gasteiger charge is -2.18. The summed E-state index contributed by atoms with van der Waals surface area (Å²) >= 11 is 12.4. The van der Waals surface area contributed by atoms with Crippen molar-refractivity contribution in [1.82, 2.24) is 9.78 Å². The third kappa shape index (κ3) is 4.24. The molecule has 1 N–H and O–H groups in total. The van der Waals surface area contributed by atoms with Crippen LogP contribution in [0.15, 0.2) is 83.7 Å². The topological polar surface area (TPSA) is 64.0 Å². The highest BCUT2D eigenvalue weighted by molar-refractivity contribution is 6.34. The van der Waals surface area contributed by atoms with Crippen LogP contribution in [-0.2, 0) is 0 Å². The Bertz CT molecular complexity index is 1330. The highest BCUT2D eigenvalue weighted by Crippen LogP contribution is 2.29. The molecule has 0 unspecified atom stereocenters. The number of hydrogen-bond acceptors (Lipinski definition) is 3. The summed E-state index contributed by atoms with van der Waals surface area (Å²) in [5.74, 6) is -0.224. The molecule has 7 heteroatoms. The predicted octanol–water partition coefficient (Wildman–Crippen LogP) is 5.77. The van der Waals surface area contributed by atoms with Gasteiger partial charge >= 0.3 is 0 Å². The maximum Gasteiger partial charge on any atom is 0.258 e. The fourth-order valence-electron chi connectivity index (χ4n) is 3.24. The van der Waals surface area contributed by atoms with Crippen LogP contribution in [-0.4, -0.2) is 15.7 Å². The van der Waals surface area contributed by atoms with Crippen molar-refractivity contribution in [1.29, 1.82) is 0 Å². The summed E-state index contributed by atoms with van der Waals surface area (Å²) in [6, 6.07) is 22.8. The minimum atomic E-state index is -0.455. The van der Waals surface area contributed by atoms with E-state index in [1.54, 1.807) is 55.5 Å². The van der Waals surface area contributed by atoms with Gasteiger partial charge in [0.2, 0.25) is 5.43 Å². The maximum atomic E-state index is 13.1. The summed E-state index contributed by atoms with van der Waals surface area (Å²) < 4.78 is 1.51. The first-order valence-electron chi connectivity index (χ1n) is 9.47. The molecule has 4 rings (SSSR count). The van der Waals surface area contributed by atoms with Crippen LogP contribution in [0.2, 0.25) is 10.0 Å². The Morgan fingerprint density at radius 3 is 2.35 bits per heavy atom. The first kappa shape index (κ1) is 20.8. The molecule has 0 fully saturated rings. The van der Waals surface area contributed by atoms with Crippen molar-refractivity contribution in [2.45, 2.75) is 6.92 Å². The van der Waals surface area contributed by atoms with E-state index < -0.39 is 5.91 Å². The Balaban J connectivity index is 1.98. The van der Waals surface area contributed by atoms with Crippen molar-refractivity contribution in [2.75, 3.05) is 5.32 Å². The molecule has 0 aliphatic rings. The second kappa shape index (κ2) is 8.76. The van der Waals surface area contributed by atoms with Gasteiger partial charge in [0.25, 0.3) is 5.91 Å². The molecule has 4 aromatic rings. The van der Waals surface area contributed by atoms with Gasteiger partial charge in [-0.05, 0) is 42.8 Å². The number of nitrogens with one attached hydrogen (secondary N) is 1. The maximum absolute atomic E-state index is 13.1. The van der Waals surface area contributed by atoms with Crippen LogP contribution < -0.4 is 10.7 Å². The zero-order valence-electron chi connectivity index (χ0n) is 16.5. The van der Waals surface area contributed by atoms with Crippen molar-refractivity contribution >= 4 is 34.9 Å². The Hall–Kier alpha value is -3.41. The van der Waals surface area contributed by atoms with E-state index in [1.165, 1.54) is 4.68 Å². The van der Waals surface area contributed by atoms with Gasteiger partial charge in [0.05, 0.1) is 21.8 Å². The molecule has 0 radical (unpaired) electrons. The quantitative estimate of drug-likeness (QED) is 0.430. The molecule has 154 valence electrons. The van der Waals surface area contributed by atoms with E-state index in [1.807, 2.05) is 30.3 Å². The highest BCUT2D eigenvalue weighted by Gasteiger charge is 2.21. The lowest BCUT2D eigenvalue weighted by molar-refractivity contribution is 0.102. The average molecular weight is 450 g/mol. The molecule has 1 aromatic heterocycles. The molecule has 3 aromatic carbocycles. The number of aromatic nitrogens is 2. The van der Waals surface area contributed by atoms with Crippen molar-refractivity contribution in [3.8, 4) is 16.8 Å². The van der Waals surface area contributed by atoms with Gasteiger partial charge in [-0.2, -0.15) is 5.10 Å². The molecule has 5 nitrogen and oxygen atoms in total. The first-order valence-corrected chi connectivity index (χ1v) is 10.2. The standard InChI is InChI=1S/C24H17Cl2N3O2/c1-15-22(30)21(16-8-3-2-4-9-16)23(27-24(31)19-12-5-6-13-20(19)26)29(28-15)18-11-7-10-17(25)14-18/h2-14H,1H3,(H,27,31). The smallest absolute Gasteiger partial charge is 0.258 e. The number of halogens is 2. The van der Waals surface area contributed by atoms with E-state index in [0.29, 0.717) is 26.9 Å². The van der Waals surface area contributed by atoms with E-state index in [2.05, 4.69) is 10.4 Å². The van der Waals surface area contributed by atoms with Gasteiger partial charge in [-0.3, -0.25) is 9.59 Å². The predicted molar refractivity (Wildman–Crippen MR) is 124 cm³/mol. The van der Waals surface area contributed by atoms with Gasteiger partial charge in [-0.1, -0.05) is 71.7 Å². The largest absolute Gasteiger partial charge is 0.306 e. The van der Waals surface area contributed by atoms with E-state index in [0.717, 1.165) is 0 Å². The van der Waals surface area contributed by atoms with Gasteiger partial charge in [-0.25, -0.2) is 4.68 Å². The minimum Gasteiger partial charge on any atom is -0.306 e. The molecular formula is C24H17Cl2N3O2. The fourth-order valence-corrected chi connectivity index (χ4v) is 3.65. The van der Waals surface area contributed by atoms with Gasteiger partial charge < -0.3 is 5.32 Å². The second-order valence-electron chi connectivity index (χ2n) is 6.83. The zero-order valence-corrected chi connectivity index (χ0v) is 18.0. The first-order chi connectivity index (χ1) is 15.0. The molecule has 0 bridgehead atoms. The molecule has 0 saturated heterocycles. The number of nitrogens with zero attached hydrogens (tertiary/aromatic N) is 2.